The highest BCUT2D eigenvalue weighted by molar-refractivity contribution is 5.94. The molecule has 166 valence electrons. The van der Waals surface area contributed by atoms with Gasteiger partial charge in [-0.05, 0) is 44.4 Å². The van der Waals surface area contributed by atoms with Gasteiger partial charge in [-0.15, -0.1) is 0 Å². The summed E-state index contributed by atoms with van der Waals surface area (Å²) in [4.78, 5) is 19.4. The van der Waals surface area contributed by atoms with Crippen LogP contribution in [-0.2, 0) is 6.54 Å². The van der Waals surface area contributed by atoms with Gasteiger partial charge < -0.3 is 16.0 Å². The molecule has 0 bridgehead atoms. The number of benzene rings is 2. The van der Waals surface area contributed by atoms with Crippen LogP contribution in [0.15, 0.2) is 59.6 Å². The molecule has 3 rings (SSSR count). The SMILES string of the molecule is CCNC(=NCCNC(=O)c1cccc(C)c1)NC1CCN(Cc2ccccc2)CC1. The number of nitrogens with zero attached hydrogens (tertiary/aromatic N) is 2. The van der Waals surface area contributed by atoms with Crippen LogP contribution in [0.4, 0.5) is 0 Å². The summed E-state index contributed by atoms with van der Waals surface area (Å²) in [7, 11) is 0. The van der Waals surface area contributed by atoms with Gasteiger partial charge in [0, 0.05) is 44.3 Å². The zero-order valence-electron chi connectivity index (χ0n) is 18.7. The van der Waals surface area contributed by atoms with Crippen molar-refractivity contribution in [1.29, 1.82) is 0 Å². The Morgan fingerprint density at radius 1 is 1.06 bits per heavy atom. The van der Waals surface area contributed by atoms with E-state index in [1.165, 1.54) is 5.56 Å². The van der Waals surface area contributed by atoms with E-state index in [1.54, 1.807) is 0 Å². The van der Waals surface area contributed by atoms with E-state index >= 15 is 0 Å². The molecule has 1 fully saturated rings. The van der Waals surface area contributed by atoms with Crippen molar-refractivity contribution in [3.8, 4) is 0 Å². The molecule has 0 atom stereocenters. The highest BCUT2D eigenvalue weighted by Crippen LogP contribution is 2.13. The van der Waals surface area contributed by atoms with Crippen LogP contribution in [0.3, 0.4) is 0 Å². The van der Waals surface area contributed by atoms with E-state index in [0.29, 0.717) is 24.7 Å². The summed E-state index contributed by atoms with van der Waals surface area (Å²) in [5, 5.41) is 9.84. The van der Waals surface area contributed by atoms with Gasteiger partial charge in [0.2, 0.25) is 0 Å². The Hall–Kier alpha value is -2.86. The van der Waals surface area contributed by atoms with Gasteiger partial charge in [-0.1, -0.05) is 48.0 Å². The number of rotatable bonds is 8. The monoisotopic (exact) mass is 421 g/mol. The van der Waals surface area contributed by atoms with E-state index in [-0.39, 0.29) is 5.91 Å². The summed E-state index contributed by atoms with van der Waals surface area (Å²) in [5.41, 5.74) is 3.15. The summed E-state index contributed by atoms with van der Waals surface area (Å²) in [6.45, 7) is 9.10. The molecule has 0 radical (unpaired) electrons. The molecule has 3 N–H and O–H groups in total. The van der Waals surface area contributed by atoms with Crippen LogP contribution >= 0.6 is 0 Å². The summed E-state index contributed by atoms with van der Waals surface area (Å²) in [5.74, 6) is 0.775. The zero-order valence-corrected chi connectivity index (χ0v) is 18.7. The second-order valence-electron chi connectivity index (χ2n) is 8.07. The molecule has 2 aromatic carbocycles. The molecule has 0 unspecified atom stereocenters. The van der Waals surface area contributed by atoms with Gasteiger partial charge in [-0.3, -0.25) is 14.7 Å². The number of guanidine groups is 1. The van der Waals surface area contributed by atoms with Gasteiger partial charge in [0.15, 0.2) is 5.96 Å². The van der Waals surface area contributed by atoms with Crippen molar-refractivity contribution < 1.29 is 4.79 Å². The highest BCUT2D eigenvalue weighted by atomic mass is 16.1. The van der Waals surface area contributed by atoms with E-state index in [1.807, 2.05) is 31.2 Å². The van der Waals surface area contributed by atoms with Crippen molar-refractivity contribution in [3.05, 3.63) is 71.3 Å². The third-order valence-electron chi connectivity index (χ3n) is 5.47. The molecule has 6 heteroatoms. The number of hydrogen-bond donors (Lipinski definition) is 3. The summed E-state index contributed by atoms with van der Waals surface area (Å²) >= 11 is 0. The lowest BCUT2D eigenvalue weighted by atomic mass is 10.0. The third-order valence-corrected chi connectivity index (χ3v) is 5.47. The van der Waals surface area contributed by atoms with Crippen molar-refractivity contribution in [1.82, 2.24) is 20.9 Å². The molecule has 31 heavy (non-hydrogen) atoms. The number of carbonyl (C=O) groups is 1. The first-order valence-electron chi connectivity index (χ1n) is 11.3. The van der Waals surface area contributed by atoms with Gasteiger partial charge in [0.05, 0.1) is 6.54 Å². The first kappa shape index (κ1) is 22.8. The summed E-state index contributed by atoms with van der Waals surface area (Å²) in [6, 6.07) is 18.7. The Labute approximate surface area is 186 Å². The van der Waals surface area contributed by atoms with E-state index in [4.69, 9.17) is 0 Å². The number of hydrogen-bond acceptors (Lipinski definition) is 3. The van der Waals surface area contributed by atoms with E-state index in [2.05, 4.69) is 63.1 Å². The lowest BCUT2D eigenvalue weighted by Gasteiger charge is -2.33. The molecule has 0 spiro atoms. The molecule has 6 nitrogen and oxygen atoms in total. The van der Waals surface area contributed by atoms with Gasteiger partial charge in [-0.25, -0.2) is 0 Å². The van der Waals surface area contributed by atoms with E-state index in [9.17, 15) is 4.79 Å². The number of likely N-dealkylation sites (tertiary alicyclic amines) is 1. The minimum Gasteiger partial charge on any atom is -0.357 e. The van der Waals surface area contributed by atoms with Gasteiger partial charge in [-0.2, -0.15) is 0 Å². The molecular weight excluding hydrogens is 386 g/mol. The average molecular weight is 422 g/mol. The van der Waals surface area contributed by atoms with Gasteiger partial charge >= 0.3 is 0 Å². The fourth-order valence-corrected chi connectivity index (χ4v) is 3.82. The minimum atomic E-state index is -0.0531. The smallest absolute Gasteiger partial charge is 0.251 e. The van der Waals surface area contributed by atoms with Crippen LogP contribution < -0.4 is 16.0 Å². The first-order valence-corrected chi connectivity index (χ1v) is 11.3. The topological polar surface area (TPSA) is 68.8 Å². The Kier molecular flexibility index (Phi) is 8.91. The zero-order chi connectivity index (χ0) is 21.9. The number of aliphatic imine (C=N–C) groups is 1. The van der Waals surface area contributed by atoms with Crippen LogP contribution in [0.2, 0.25) is 0 Å². The van der Waals surface area contributed by atoms with Crippen LogP contribution in [0.5, 0.6) is 0 Å². The molecule has 1 aliphatic heterocycles. The van der Waals surface area contributed by atoms with Crippen molar-refractivity contribution in [3.63, 3.8) is 0 Å². The Morgan fingerprint density at radius 3 is 2.55 bits per heavy atom. The number of piperidine rings is 1. The van der Waals surface area contributed by atoms with Crippen LogP contribution in [0.1, 0.15) is 41.3 Å². The van der Waals surface area contributed by atoms with Gasteiger partial charge in [0.25, 0.3) is 5.91 Å². The van der Waals surface area contributed by atoms with Crippen LogP contribution in [0, 0.1) is 6.92 Å². The summed E-state index contributed by atoms with van der Waals surface area (Å²) in [6.07, 6.45) is 2.20. The molecule has 2 aromatic rings. The molecule has 0 aromatic heterocycles. The molecule has 1 amide bonds. The minimum absolute atomic E-state index is 0.0531. The summed E-state index contributed by atoms with van der Waals surface area (Å²) < 4.78 is 0. The standard InChI is InChI=1S/C25H35N5O/c1-3-26-25(28-15-14-27-24(31)22-11-7-8-20(2)18-22)29-23-12-16-30(17-13-23)19-21-9-5-4-6-10-21/h4-11,18,23H,3,12-17,19H2,1-2H3,(H,27,31)(H2,26,28,29). The maximum atomic E-state index is 12.3. The Morgan fingerprint density at radius 2 is 1.84 bits per heavy atom. The second kappa shape index (κ2) is 12.1. The number of carbonyl (C=O) groups excluding carboxylic acids is 1. The molecular formula is C25H35N5O. The second-order valence-corrected chi connectivity index (χ2v) is 8.07. The molecule has 0 saturated carbocycles. The Balaban J connectivity index is 1.41. The highest BCUT2D eigenvalue weighted by Gasteiger charge is 2.20. The number of nitrogens with one attached hydrogen (secondary N) is 3. The first-order chi connectivity index (χ1) is 15.1. The average Bonchev–Trinajstić information content (AvgIpc) is 2.78. The molecule has 1 saturated heterocycles. The normalized spacial score (nSPS) is 15.5. The van der Waals surface area contributed by atoms with Crippen LogP contribution in [0.25, 0.3) is 0 Å². The lowest BCUT2D eigenvalue weighted by molar-refractivity contribution is 0.0954. The maximum absolute atomic E-state index is 12.3. The van der Waals surface area contributed by atoms with E-state index in [0.717, 1.165) is 50.5 Å². The largest absolute Gasteiger partial charge is 0.357 e. The van der Waals surface area contributed by atoms with Crippen molar-refractivity contribution in [2.75, 3.05) is 32.7 Å². The van der Waals surface area contributed by atoms with Gasteiger partial charge in [0.1, 0.15) is 0 Å². The third kappa shape index (κ3) is 7.72. The molecule has 1 heterocycles. The lowest BCUT2D eigenvalue weighted by Crippen LogP contribution is -2.48. The van der Waals surface area contributed by atoms with Crippen LogP contribution in [-0.4, -0.2) is 55.5 Å². The number of aryl methyl sites for hydroxylation is 1. The predicted molar refractivity (Wildman–Crippen MR) is 127 cm³/mol. The van der Waals surface area contributed by atoms with Crippen molar-refractivity contribution >= 4 is 11.9 Å². The van der Waals surface area contributed by atoms with E-state index < -0.39 is 0 Å². The molecule has 1 aliphatic rings. The van der Waals surface area contributed by atoms with Crippen molar-refractivity contribution in [2.24, 2.45) is 4.99 Å². The fraction of sp³-hybridized carbons (Fsp3) is 0.440. The number of amides is 1. The fourth-order valence-electron chi connectivity index (χ4n) is 3.82. The quantitative estimate of drug-likeness (QED) is 0.348. The maximum Gasteiger partial charge on any atom is 0.251 e. The Bertz CT molecular complexity index is 844. The van der Waals surface area contributed by atoms with Crippen molar-refractivity contribution in [2.45, 2.75) is 39.3 Å². The predicted octanol–water partition coefficient (Wildman–Crippen LogP) is 2.94. The molecule has 0 aliphatic carbocycles.